The zero-order valence-electron chi connectivity index (χ0n) is 10.9. The number of fused-ring (bicyclic) bond motifs is 1. The molecule has 0 saturated carbocycles. The van der Waals surface area contributed by atoms with Gasteiger partial charge < -0.3 is 9.64 Å². The van der Waals surface area contributed by atoms with Crippen LogP contribution in [0.5, 0.6) is 5.75 Å². The fourth-order valence-electron chi connectivity index (χ4n) is 2.28. The first-order chi connectivity index (χ1) is 8.67. The Morgan fingerprint density at radius 2 is 2.28 bits per heavy atom. The predicted octanol–water partition coefficient (Wildman–Crippen LogP) is 3.40. The van der Waals surface area contributed by atoms with Crippen molar-refractivity contribution >= 4 is 5.69 Å². The molecule has 3 heteroatoms. The maximum atomic E-state index is 8.70. The summed E-state index contributed by atoms with van der Waals surface area (Å²) in [6.07, 6.45) is 1.10. The summed E-state index contributed by atoms with van der Waals surface area (Å²) in [6, 6.07) is 8.36. The van der Waals surface area contributed by atoms with Crippen molar-refractivity contribution in [3.63, 3.8) is 0 Å². The standard InChI is InChI=1S/C15H18N2O/c1-4-17-12(3)14(6-5-9-16)18-15-10-11(2)7-8-13(15)17/h7-8,10,14H,3-6H2,1-2H3. The highest BCUT2D eigenvalue weighted by molar-refractivity contribution is 5.65. The number of likely N-dealkylation sites (N-methyl/N-ethyl adjacent to an activating group) is 1. The lowest BCUT2D eigenvalue weighted by molar-refractivity contribution is 0.215. The maximum absolute atomic E-state index is 8.70. The van der Waals surface area contributed by atoms with E-state index in [4.69, 9.17) is 10.00 Å². The van der Waals surface area contributed by atoms with Crippen molar-refractivity contribution < 1.29 is 4.74 Å². The minimum absolute atomic E-state index is 0.0844. The largest absolute Gasteiger partial charge is 0.482 e. The van der Waals surface area contributed by atoms with E-state index in [0.717, 1.165) is 23.7 Å². The van der Waals surface area contributed by atoms with Gasteiger partial charge in [-0.15, -0.1) is 0 Å². The van der Waals surface area contributed by atoms with Crippen LogP contribution in [0.3, 0.4) is 0 Å². The van der Waals surface area contributed by atoms with Crippen LogP contribution in [-0.4, -0.2) is 12.6 Å². The van der Waals surface area contributed by atoms with Crippen LogP contribution in [0.2, 0.25) is 0 Å². The molecule has 1 aromatic rings. The summed E-state index contributed by atoms with van der Waals surface area (Å²) in [7, 11) is 0. The number of ether oxygens (including phenoxy) is 1. The maximum Gasteiger partial charge on any atom is 0.144 e. The Morgan fingerprint density at radius 1 is 1.50 bits per heavy atom. The molecule has 0 spiro atoms. The van der Waals surface area contributed by atoms with E-state index in [1.807, 2.05) is 13.0 Å². The van der Waals surface area contributed by atoms with Gasteiger partial charge in [0.15, 0.2) is 0 Å². The van der Waals surface area contributed by atoms with Gasteiger partial charge in [-0.3, -0.25) is 0 Å². The Morgan fingerprint density at radius 3 is 2.94 bits per heavy atom. The van der Waals surface area contributed by atoms with Gasteiger partial charge in [0.25, 0.3) is 0 Å². The monoisotopic (exact) mass is 242 g/mol. The van der Waals surface area contributed by atoms with Gasteiger partial charge in [-0.05, 0) is 31.5 Å². The lowest BCUT2D eigenvalue weighted by Gasteiger charge is -2.37. The summed E-state index contributed by atoms with van der Waals surface area (Å²) in [5, 5.41) is 8.70. The summed E-state index contributed by atoms with van der Waals surface area (Å²) < 4.78 is 5.97. The molecule has 0 bridgehead atoms. The Kier molecular flexibility index (Phi) is 3.57. The van der Waals surface area contributed by atoms with Gasteiger partial charge in [0.2, 0.25) is 0 Å². The molecule has 1 heterocycles. The minimum Gasteiger partial charge on any atom is -0.482 e. The molecule has 0 fully saturated rings. The summed E-state index contributed by atoms with van der Waals surface area (Å²) in [4.78, 5) is 2.17. The number of nitrogens with zero attached hydrogens (tertiary/aromatic N) is 2. The van der Waals surface area contributed by atoms with E-state index in [-0.39, 0.29) is 6.10 Å². The van der Waals surface area contributed by atoms with Crippen molar-refractivity contribution in [3.05, 3.63) is 36.0 Å². The smallest absolute Gasteiger partial charge is 0.144 e. The summed E-state index contributed by atoms with van der Waals surface area (Å²) in [5.74, 6) is 0.896. The number of aryl methyl sites for hydroxylation is 1. The molecule has 0 saturated heterocycles. The fraction of sp³-hybridized carbons (Fsp3) is 0.400. The third-order valence-electron chi connectivity index (χ3n) is 3.23. The van der Waals surface area contributed by atoms with E-state index in [9.17, 15) is 0 Å². The molecule has 18 heavy (non-hydrogen) atoms. The predicted molar refractivity (Wildman–Crippen MR) is 72.6 cm³/mol. The molecule has 1 unspecified atom stereocenters. The summed E-state index contributed by atoms with van der Waals surface area (Å²) >= 11 is 0. The third-order valence-corrected chi connectivity index (χ3v) is 3.23. The molecular formula is C15H18N2O. The van der Waals surface area contributed by atoms with Crippen LogP contribution in [0.25, 0.3) is 0 Å². The number of nitriles is 1. The average Bonchev–Trinajstić information content (AvgIpc) is 2.36. The van der Waals surface area contributed by atoms with Gasteiger partial charge in [0, 0.05) is 19.4 Å². The van der Waals surface area contributed by atoms with Crippen molar-refractivity contribution in [3.8, 4) is 11.8 Å². The second-order valence-electron chi connectivity index (χ2n) is 4.51. The molecule has 1 aromatic carbocycles. The molecule has 0 amide bonds. The highest BCUT2D eigenvalue weighted by Gasteiger charge is 2.28. The van der Waals surface area contributed by atoms with Crippen molar-refractivity contribution in [2.24, 2.45) is 0 Å². The molecule has 94 valence electrons. The van der Waals surface area contributed by atoms with Crippen molar-refractivity contribution in [1.29, 1.82) is 5.26 Å². The van der Waals surface area contributed by atoms with Crippen LogP contribution in [0, 0.1) is 18.3 Å². The topological polar surface area (TPSA) is 36.3 Å². The molecular weight excluding hydrogens is 224 g/mol. The molecule has 0 radical (unpaired) electrons. The van der Waals surface area contributed by atoms with Gasteiger partial charge in [0.1, 0.15) is 11.9 Å². The van der Waals surface area contributed by atoms with Gasteiger partial charge in [0.05, 0.1) is 17.5 Å². The third kappa shape index (κ3) is 2.19. The average molecular weight is 242 g/mol. The highest BCUT2D eigenvalue weighted by Crippen LogP contribution is 2.38. The molecule has 1 aliphatic rings. The molecule has 1 aliphatic heterocycles. The van der Waals surface area contributed by atoms with Gasteiger partial charge >= 0.3 is 0 Å². The van der Waals surface area contributed by atoms with E-state index < -0.39 is 0 Å². The zero-order chi connectivity index (χ0) is 13.1. The first-order valence-electron chi connectivity index (χ1n) is 6.28. The molecule has 3 nitrogen and oxygen atoms in total. The van der Waals surface area contributed by atoms with Gasteiger partial charge in [-0.25, -0.2) is 0 Å². The number of hydrogen-bond acceptors (Lipinski definition) is 3. The van der Waals surface area contributed by atoms with Crippen molar-refractivity contribution in [2.45, 2.75) is 32.8 Å². The second-order valence-corrected chi connectivity index (χ2v) is 4.51. The highest BCUT2D eigenvalue weighted by atomic mass is 16.5. The Labute approximate surface area is 108 Å². The Balaban J connectivity index is 2.34. The van der Waals surface area contributed by atoms with Crippen LogP contribution in [0.4, 0.5) is 5.69 Å². The molecule has 2 rings (SSSR count). The quantitative estimate of drug-likeness (QED) is 0.815. The van der Waals surface area contributed by atoms with E-state index in [1.54, 1.807) is 0 Å². The van der Waals surface area contributed by atoms with Crippen LogP contribution in [-0.2, 0) is 0 Å². The normalized spacial score (nSPS) is 17.9. The molecule has 0 aliphatic carbocycles. The van der Waals surface area contributed by atoms with E-state index >= 15 is 0 Å². The van der Waals surface area contributed by atoms with Crippen molar-refractivity contribution in [1.82, 2.24) is 0 Å². The summed E-state index contributed by atoms with van der Waals surface area (Å²) in [5.41, 5.74) is 3.20. The van der Waals surface area contributed by atoms with Crippen molar-refractivity contribution in [2.75, 3.05) is 11.4 Å². The lowest BCUT2D eigenvalue weighted by atomic mass is 10.1. The van der Waals surface area contributed by atoms with Crippen LogP contribution < -0.4 is 9.64 Å². The molecule has 1 atom stereocenters. The van der Waals surface area contributed by atoms with Crippen LogP contribution >= 0.6 is 0 Å². The Hall–Kier alpha value is -1.95. The number of rotatable bonds is 3. The summed E-state index contributed by atoms with van der Waals surface area (Å²) in [6.45, 7) is 9.12. The first kappa shape index (κ1) is 12.5. The van der Waals surface area contributed by atoms with Crippen LogP contribution in [0.1, 0.15) is 25.3 Å². The SMILES string of the molecule is C=C1C(CCC#N)Oc2cc(C)ccc2N1CC. The fourth-order valence-corrected chi connectivity index (χ4v) is 2.28. The van der Waals surface area contributed by atoms with Gasteiger partial charge in [-0.2, -0.15) is 5.26 Å². The Bertz CT molecular complexity index is 502. The van der Waals surface area contributed by atoms with E-state index in [1.165, 1.54) is 5.56 Å². The molecule has 0 N–H and O–H groups in total. The lowest BCUT2D eigenvalue weighted by Crippen LogP contribution is -2.37. The van der Waals surface area contributed by atoms with Gasteiger partial charge in [-0.1, -0.05) is 12.6 Å². The first-order valence-corrected chi connectivity index (χ1v) is 6.28. The van der Waals surface area contributed by atoms with E-state index in [0.29, 0.717) is 12.8 Å². The van der Waals surface area contributed by atoms with E-state index in [2.05, 4.69) is 36.6 Å². The second kappa shape index (κ2) is 5.14. The minimum atomic E-state index is -0.0844. The molecule has 0 aromatic heterocycles. The number of benzene rings is 1. The zero-order valence-corrected chi connectivity index (χ0v) is 10.9. The number of anilines is 1. The van der Waals surface area contributed by atoms with Crippen LogP contribution in [0.15, 0.2) is 30.5 Å². The number of hydrogen-bond donors (Lipinski definition) is 0.